The highest BCUT2D eigenvalue weighted by molar-refractivity contribution is 8.01. The molecule has 6 nitrogen and oxygen atoms in total. The van der Waals surface area contributed by atoms with Gasteiger partial charge in [0.2, 0.25) is 0 Å². The summed E-state index contributed by atoms with van der Waals surface area (Å²) in [5.41, 5.74) is 3.00. The van der Waals surface area contributed by atoms with Crippen LogP contribution >= 0.6 is 23.1 Å². The number of nitrogens with zero attached hydrogens (tertiary/aromatic N) is 4. The lowest BCUT2D eigenvalue weighted by Crippen LogP contribution is -2.07. The molecule has 2 heterocycles. The quantitative estimate of drug-likeness (QED) is 0.907. The zero-order valence-corrected chi connectivity index (χ0v) is 10.7. The number of hydrogen-bond donors (Lipinski definition) is 1. The van der Waals surface area contributed by atoms with Gasteiger partial charge < -0.3 is 5.11 Å². The fourth-order valence-corrected chi connectivity index (χ4v) is 2.71. The number of carbonyl (C=O) groups is 1. The third kappa shape index (κ3) is 2.42. The second-order valence-corrected chi connectivity index (χ2v) is 5.27. The standard InChI is InChI=1S/C9H8N4O2S2/c1-4-5(2)11-12-7(6(4)8(14)15)17-9-13-10-3-16-9/h3H,1-2H3,(H,14,15). The van der Waals surface area contributed by atoms with Gasteiger partial charge in [0.05, 0.1) is 11.3 Å². The SMILES string of the molecule is Cc1nnc(Sc2nncs2)c(C(=O)O)c1C. The minimum Gasteiger partial charge on any atom is -0.478 e. The molecule has 0 aliphatic rings. The predicted octanol–water partition coefficient (Wildman–Crippen LogP) is 1.79. The van der Waals surface area contributed by atoms with Gasteiger partial charge in [0.25, 0.3) is 0 Å². The second-order valence-electron chi connectivity index (χ2n) is 3.20. The van der Waals surface area contributed by atoms with Crippen LogP contribution in [0.3, 0.4) is 0 Å². The molecular formula is C9H8N4O2S2. The fraction of sp³-hybridized carbons (Fsp3) is 0.222. The van der Waals surface area contributed by atoms with E-state index in [1.807, 2.05) is 0 Å². The molecule has 0 amide bonds. The van der Waals surface area contributed by atoms with Gasteiger partial charge >= 0.3 is 5.97 Å². The van der Waals surface area contributed by atoms with Crippen molar-refractivity contribution in [3.63, 3.8) is 0 Å². The molecule has 0 saturated carbocycles. The van der Waals surface area contributed by atoms with E-state index in [2.05, 4.69) is 20.4 Å². The van der Waals surface area contributed by atoms with Crippen molar-refractivity contribution in [3.05, 3.63) is 22.3 Å². The lowest BCUT2D eigenvalue weighted by atomic mass is 10.1. The summed E-state index contributed by atoms with van der Waals surface area (Å²) in [4.78, 5) is 11.2. The molecule has 2 aromatic heterocycles. The Labute approximate surface area is 105 Å². The van der Waals surface area contributed by atoms with E-state index < -0.39 is 5.97 Å². The van der Waals surface area contributed by atoms with Gasteiger partial charge in [0.1, 0.15) is 10.5 Å². The highest BCUT2D eigenvalue weighted by Crippen LogP contribution is 2.30. The predicted molar refractivity (Wildman–Crippen MR) is 62.5 cm³/mol. The molecule has 1 N–H and O–H groups in total. The Hall–Kier alpha value is -1.54. The Kier molecular flexibility index (Phi) is 3.34. The van der Waals surface area contributed by atoms with E-state index in [-0.39, 0.29) is 5.56 Å². The van der Waals surface area contributed by atoms with Crippen molar-refractivity contribution in [2.45, 2.75) is 23.2 Å². The van der Waals surface area contributed by atoms with Gasteiger partial charge in [-0.1, -0.05) is 11.3 Å². The highest BCUT2D eigenvalue weighted by atomic mass is 32.2. The summed E-state index contributed by atoms with van der Waals surface area (Å²) in [6.45, 7) is 3.45. The summed E-state index contributed by atoms with van der Waals surface area (Å²) in [5, 5.41) is 24.9. The van der Waals surface area contributed by atoms with Gasteiger partial charge in [-0.2, -0.15) is 5.10 Å². The van der Waals surface area contributed by atoms with Crippen LogP contribution in [0.5, 0.6) is 0 Å². The van der Waals surface area contributed by atoms with Gasteiger partial charge in [-0.3, -0.25) is 0 Å². The Morgan fingerprint density at radius 2 is 2.12 bits per heavy atom. The molecule has 88 valence electrons. The molecule has 2 aromatic rings. The second kappa shape index (κ2) is 4.76. The number of carboxylic acids is 1. The summed E-state index contributed by atoms with van der Waals surface area (Å²) in [5.74, 6) is -1.01. The largest absolute Gasteiger partial charge is 0.478 e. The lowest BCUT2D eigenvalue weighted by Gasteiger charge is -2.06. The van der Waals surface area contributed by atoms with Crippen molar-refractivity contribution < 1.29 is 9.90 Å². The van der Waals surface area contributed by atoms with Crippen molar-refractivity contribution in [2.75, 3.05) is 0 Å². The molecule has 0 atom stereocenters. The molecular weight excluding hydrogens is 260 g/mol. The van der Waals surface area contributed by atoms with Crippen LogP contribution in [0.1, 0.15) is 21.6 Å². The number of carboxylic acid groups (broad SMARTS) is 1. The van der Waals surface area contributed by atoms with Crippen molar-refractivity contribution >= 4 is 29.1 Å². The number of rotatable bonds is 3. The van der Waals surface area contributed by atoms with Gasteiger partial charge in [-0.05, 0) is 31.2 Å². The first kappa shape index (κ1) is 11.9. The van der Waals surface area contributed by atoms with E-state index in [9.17, 15) is 9.90 Å². The van der Waals surface area contributed by atoms with Crippen LogP contribution in [0.4, 0.5) is 0 Å². The molecule has 0 saturated heterocycles. The number of aryl methyl sites for hydroxylation is 1. The van der Waals surface area contributed by atoms with Gasteiger partial charge in [0.15, 0.2) is 4.34 Å². The lowest BCUT2D eigenvalue weighted by molar-refractivity contribution is 0.0690. The van der Waals surface area contributed by atoms with Crippen LogP contribution in [-0.2, 0) is 0 Å². The van der Waals surface area contributed by atoms with E-state index >= 15 is 0 Å². The molecule has 0 aliphatic carbocycles. The van der Waals surface area contributed by atoms with Crippen LogP contribution in [0, 0.1) is 13.8 Å². The molecule has 0 bridgehead atoms. The molecule has 2 rings (SSSR count). The first-order valence-corrected chi connectivity index (χ1v) is 6.30. The maximum atomic E-state index is 11.2. The summed E-state index contributed by atoms with van der Waals surface area (Å²) in [7, 11) is 0. The smallest absolute Gasteiger partial charge is 0.338 e. The van der Waals surface area contributed by atoms with E-state index in [1.165, 1.54) is 11.3 Å². The Morgan fingerprint density at radius 1 is 1.35 bits per heavy atom. The molecule has 0 radical (unpaired) electrons. The summed E-state index contributed by atoms with van der Waals surface area (Å²) >= 11 is 2.49. The Bertz CT molecular complexity index is 556. The van der Waals surface area contributed by atoms with Gasteiger partial charge in [-0.15, -0.1) is 15.3 Å². The zero-order valence-electron chi connectivity index (χ0n) is 9.04. The van der Waals surface area contributed by atoms with Crippen molar-refractivity contribution in [1.29, 1.82) is 0 Å². The molecule has 0 aromatic carbocycles. The van der Waals surface area contributed by atoms with E-state index in [1.54, 1.807) is 19.4 Å². The van der Waals surface area contributed by atoms with Gasteiger partial charge in [0, 0.05) is 0 Å². The maximum absolute atomic E-state index is 11.2. The molecule has 17 heavy (non-hydrogen) atoms. The Balaban J connectivity index is 2.47. The molecule has 0 aliphatic heterocycles. The first-order valence-electron chi connectivity index (χ1n) is 4.60. The number of aromatic nitrogens is 4. The van der Waals surface area contributed by atoms with E-state index in [0.717, 1.165) is 11.8 Å². The summed E-state index contributed by atoms with van der Waals surface area (Å²) < 4.78 is 0.644. The fourth-order valence-electron chi connectivity index (χ4n) is 1.20. The first-order chi connectivity index (χ1) is 8.09. The third-order valence-electron chi connectivity index (χ3n) is 2.16. The van der Waals surface area contributed by atoms with Crippen molar-refractivity contribution in [3.8, 4) is 0 Å². The number of hydrogen-bond acceptors (Lipinski definition) is 7. The topological polar surface area (TPSA) is 88.9 Å². The molecule has 0 spiro atoms. The average molecular weight is 268 g/mol. The monoisotopic (exact) mass is 268 g/mol. The van der Waals surface area contributed by atoms with Crippen LogP contribution in [0.15, 0.2) is 14.9 Å². The molecule has 8 heteroatoms. The van der Waals surface area contributed by atoms with Crippen LogP contribution in [0.2, 0.25) is 0 Å². The van der Waals surface area contributed by atoms with Crippen LogP contribution < -0.4 is 0 Å². The molecule has 0 fully saturated rings. The summed E-state index contributed by atoms with van der Waals surface area (Å²) in [6.07, 6.45) is 0. The average Bonchev–Trinajstić information content (AvgIpc) is 2.76. The van der Waals surface area contributed by atoms with Gasteiger partial charge in [-0.25, -0.2) is 4.79 Å². The number of aromatic carboxylic acids is 1. The normalized spacial score (nSPS) is 10.5. The minimum atomic E-state index is -1.01. The van der Waals surface area contributed by atoms with Crippen molar-refractivity contribution in [2.24, 2.45) is 0 Å². The van der Waals surface area contributed by atoms with E-state index in [4.69, 9.17) is 0 Å². The maximum Gasteiger partial charge on any atom is 0.338 e. The van der Waals surface area contributed by atoms with Crippen LogP contribution in [-0.4, -0.2) is 31.5 Å². The zero-order chi connectivity index (χ0) is 12.4. The van der Waals surface area contributed by atoms with Crippen LogP contribution in [0.25, 0.3) is 0 Å². The molecule has 0 unspecified atom stereocenters. The Morgan fingerprint density at radius 3 is 2.71 bits per heavy atom. The minimum absolute atomic E-state index is 0.178. The van der Waals surface area contributed by atoms with E-state index in [0.29, 0.717) is 20.6 Å². The van der Waals surface area contributed by atoms with Crippen molar-refractivity contribution in [1.82, 2.24) is 20.4 Å². The third-order valence-corrected chi connectivity index (χ3v) is 3.92. The summed E-state index contributed by atoms with van der Waals surface area (Å²) in [6, 6.07) is 0. The highest BCUT2D eigenvalue weighted by Gasteiger charge is 2.19.